The second kappa shape index (κ2) is 9.25. The van der Waals surface area contributed by atoms with Crippen LogP contribution in [-0.2, 0) is 0 Å². The Bertz CT molecular complexity index is 2460. The zero-order valence-corrected chi connectivity index (χ0v) is 24.2. The Morgan fingerprint density at radius 1 is 0.500 bits per heavy atom. The van der Waals surface area contributed by atoms with E-state index in [1.807, 2.05) is 0 Å². The molecule has 0 aliphatic heterocycles. The number of hydrogen-bond acceptors (Lipinski definition) is 2. The molecule has 0 unspecified atom stereocenters. The smallest absolute Gasteiger partial charge is 0.0178 e. The van der Waals surface area contributed by atoms with Crippen LogP contribution in [0.25, 0.3) is 81.5 Å². The molecule has 0 saturated carbocycles. The van der Waals surface area contributed by atoms with Crippen molar-refractivity contribution < 1.29 is 0 Å². The SMILES string of the molecule is c1ccc2c(-c3ccc(-c4nc(-n5c6ccccc6c6ccc7[se]ccc7c65)nc5ccccc45)cc3)cccc2c1. The van der Waals surface area contributed by atoms with Crippen LogP contribution in [0.1, 0.15) is 0 Å². The minimum atomic E-state index is 0.353. The standard InChI is InChI=1S/C38H23N3Se/c1-2-10-27-24(8-1)9-7-13-28(27)25-16-18-26(19-17-25)36-31-12-3-5-14-33(31)39-38(40-36)41-34-15-6-4-11-29(34)30-20-21-35-32(37(30)41)22-23-42-35/h1-23H. The van der Waals surface area contributed by atoms with Crippen LogP contribution in [0, 0.1) is 0 Å². The topological polar surface area (TPSA) is 30.7 Å². The summed E-state index contributed by atoms with van der Waals surface area (Å²) in [5, 5.41) is 7.32. The summed E-state index contributed by atoms with van der Waals surface area (Å²) in [7, 11) is 0. The molecule has 4 heteroatoms. The normalized spacial score (nSPS) is 11.8. The fourth-order valence-electron chi connectivity index (χ4n) is 6.38. The van der Waals surface area contributed by atoms with Gasteiger partial charge in [0.1, 0.15) is 0 Å². The molecule has 0 amide bonds. The predicted octanol–water partition coefficient (Wildman–Crippen LogP) is 9.42. The molecule has 3 nitrogen and oxygen atoms in total. The number of nitrogens with zero attached hydrogens (tertiary/aromatic N) is 3. The van der Waals surface area contributed by atoms with Crippen LogP contribution >= 0.6 is 0 Å². The van der Waals surface area contributed by atoms with Gasteiger partial charge in [-0.25, -0.2) is 0 Å². The van der Waals surface area contributed by atoms with E-state index in [1.54, 1.807) is 0 Å². The van der Waals surface area contributed by atoms with Gasteiger partial charge in [-0.15, -0.1) is 0 Å². The fourth-order valence-corrected chi connectivity index (χ4v) is 8.04. The summed E-state index contributed by atoms with van der Waals surface area (Å²) < 4.78 is 3.68. The van der Waals surface area contributed by atoms with E-state index in [-0.39, 0.29) is 0 Å². The first-order valence-corrected chi connectivity index (χ1v) is 15.9. The van der Waals surface area contributed by atoms with Crippen LogP contribution in [-0.4, -0.2) is 29.0 Å². The zero-order chi connectivity index (χ0) is 27.6. The minimum Gasteiger partial charge on any atom is -0.0610 e. The third-order valence-electron chi connectivity index (χ3n) is 8.32. The van der Waals surface area contributed by atoms with Crippen molar-refractivity contribution in [2.75, 3.05) is 0 Å². The molecule has 0 aliphatic carbocycles. The van der Waals surface area contributed by atoms with Crippen molar-refractivity contribution in [3.63, 3.8) is 0 Å². The van der Waals surface area contributed by atoms with Gasteiger partial charge in [0, 0.05) is 0 Å². The number of aromatic nitrogens is 3. The van der Waals surface area contributed by atoms with E-state index in [0.717, 1.165) is 27.7 Å². The van der Waals surface area contributed by atoms with Gasteiger partial charge in [-0.3, -0.25) is 0 Å². The van der Waals surface area contributed by atoms with Crippen LogP contribution < -0.4 is 0 Å². The number of rotatable bonds is 3. The summed E-state index contributed by atoms with van der Waals surface area (Å²) in [6.45, 7) is 0. The molecule has 0 spiro atoms. The molecule has 6 aromatic carbocycles. The van der Waals surface area contributed by atoms with Crippen LogP contribution in [0.3, 0.4) is 0 Å². The molecule has 0 radical (unpaired) electrons. The maximum absolute atomic E-state index is 5.32. The van der Waals surface area contributed by atoms with Gasteiger partial charge >= 0.3 is 196 Å². The molecule has 196 valence electrons. The van der Waals surface area contributed by atoms with Crippen LogP contribution in [0.15, 0.2) is 138 Å². The number of hydrogen-bond donors (Lipinski definition) is 0. The van der Waals surface area contributed by atoms with Gasteiger partial charge < -0.3 is 0 Å². The summed E-state index contributed by atoms with van der Waals surface area (Å²) in [6, 6.07) is 47.7. The van der Waals surface area contributed by atoms with Gasteiger partial charge in [-0.2, -0.15) is 0 Å². The van der Waals surface area contributed by atoms with E-state index in [4.69, 9.17) is 9.97 Å². The Morgan fingerprint density at radius 3 is 2.14 bits per heavy atom. The van der Waals surface area contributed by atoms with Crippen LogP contribution in [0.5, 0.6) is 0 Å². The quantitative estimate of drug-likeness (QED) is 0.189. The number of para-hydroxylation sites is 2. The van der Waals surface area contributed by atoms with E-state index >= 15 is 0 Å². The van der Waals surface area contributed by atoms with E-state index in [2.05, 4.69) is 143 Å². The van der Waals surface area contributed by atoms with Crippen LogP contribution in [0.4, 0.5) is 0 Å². The molecule has 0 saturated heterocycles. The molecule has 3 aromatic heterocycles. The summed E-state index contributed by atoms with van der Waals surface area (Å²) in [5.41, 5.74) is 7.71. The van der Waals surface area contributed by atoms with E-state index in [0.29, 0.717) is 20.5 Å². The predicted molar refractivity (Wildman–Crippen MR) is 177 cm³/mol. The van der Waals surface area contributed by atoms with Crippen molar-refractivity contribution >= 4 is 67.6 Å². The number of fused-ring (bicyclic) bond motifs is 7. The van der Waals surface area contributed by atoms with Crippen molar-refractivity contribution in [2.45, 2.75) is 0 Å². The fraction of sp³-hybridized carbons (Fsp3) is 0. The second-order valence-electron chi connectivity index (χ2n) is 10.6. The molecule has 42 heavy (non-hydrogen) atoms. The van der Waals surface area contributed by atoms with Crippen molar-refractivity contribution in [2.24, 2.45) is 0 Å². The van der Waals surface area contributed by atoms with Crippen LogP contribution in [0.2, 0.25) is 0 Å². The van der Waals surface area contributed by atoms with Crippen molar-refractivity contribution in [1.29, 1.82) is 0 Å². The summed E-state index contributed by atoms with van der Waals surface area (Å²) in [5.74, 6) is 0.703. The largest absolute Gasteiger partial charge is 0.0610 e. The molecule has 9 aromatic rings. The molecular formula is C38H23N3Se. The Balaban J connectivity index is 1.29. The third-order valence-corrected chi connectivity index (χ3v) is 10.2. The van der Waals surface area contributed by atoms with E-state index < -0.39 is 0 Å². The average Bonchev–Trinajstić information content (AvgIpc) is 3.67. The molecule has 0 bridgehead atoms. The number of benzene rings is 6. The Labute approximate surface area is 248 Å². The molecule has 0 fully saturated rings. The van der Waals surface area contributed by atoms with Gasteiger partial charge in [0.2, 0.25) is 0 Å². The first-order chi connectivity index (χ1) is 20.8. The molecule has 0 aliphatic rings. The van der Waals surface area contributed by atoms with Crippen molar-refractivity contribution in [3.05, 3.63) is 138 Å². The first-order valence-electron chi connectivity index (χ1n) is 14.1. The molecule has 0 N–H and O–H groups in total. The zero-order valence-electron chi connectivity index (χ0n) is 22.5. The maximum atomic E-state index is 5.32. The van der Waals surface area contributed by atoms with Gasteiger partial charge in [-0.05, 0) is 10.8 Å². The molecular weight excluding hydrogens is 577 g/mol. The first kappa shape index (κ1) is 23.7. The summed E-state index contributed by atoms with van der Waals surface area (Å²) in [4.78, 5) is 12.8. The van der Waals surface area contributed by atoms with Gasteiger partial charge in [0.15, 0.2) is 0 Å². The van der Waals surface area contributed by atoms with E-state index in [1.165, 1.54) is 47.8 Å². The Morgan fingerprint density at radius 2 is 1.24 bits per heavy atom. The van der Waals surface area contributed by atoms with Crippen molar-refractivity contribution in [1.82, 2.24) is 14.5 Å². The molecule has 9 rings (SSSR count). The van der Waals surface area contributed by atoms with E-state index in [9.17, 15) is 0 Å². The van der Waals surface area contributed by atoms with Gasteiger partial charge in [0.05, 0.1) is 0 Å². The van der Waals surface area contributed by atoms with Gasteiger partial charge in [0.25, 0.3) is 0 Å². The summed E-state index contributed by atoms with van der Waals surface area (Å²) in [6.07, 6.45) is 0. The Hall–Kier alpha value is -5.02. The van der Waals surface area contributed by atoms with Gasteiger partial charge in [-0.1, -0.05) is 42.5 Å². The van der Waals surface area contributed by atoms with Crippen molar-refractivity contribution in [3.8, 4) is 28.3 Å². The monoisotopic (exact) mass is 601 g/mol. The second-order valence-corrected chi connectivity index (χ2v) is 12.6. The molecule has 0 atom stereocenters. The Kier molecular flexibility index (Phi) is 5.21. The summed E-state index contributed by atoms with van der Waals surface area (Å²) >= 11 is 0.353. The third kappa shape index (κ3) is 3.53. The molecule has 3 heterocycles. The minimum absolute atomic E-state index is 0.353. The maximum Gasteiger partial charge on any atom is -0.0178 e. The average molecular weight is 601 g/mol.